The molecule has 1 saturated heterocycles. The highest BCUT2D eigenvalue weighted by Gasteiger charge is 2.65. The van der Waals surface area contributed by atoms with Crippen LogP contribution in [0.5, 0.6) is 0 Å². The van der Waals surface area contributed by atoms with E-state index in [1.165, 1.54) is 0 Å². The van der Waals surface area contributed by atoms with E-state index >= 15 is 0 Å². The van der Waals surface area contributed by atoms with E-state index in [4.69, 9.17) is 18.3 Å². The van der Waals surface area contributed by atoms with Crippen molar-refractivity contribution in [1.29, 1.82) is 0 Å². The molecule has 2 aromatic carbocycles. The van der Waals surface area contributed by atoms with Crippen LogP contribution in [-0.4, -0.2) is 53.5 Å². The number of hydrogen-bond acceptors (Lipinski definition) is 5. The van der Waals surface area contributed by atoms with E-state index in [0.29, 0.717) is 46.5 Å². The summed E-state index contributed by atoms with van der Waals surface area (Å²) in [5.41, 5.74) is 4.40. The monoisotopic (exact) mass is 681 g/mol. The number of ether oxygens (including phenoxy) is 2. The standard InChI is InChI=1S/C39H63NO5Si2/c1-25(2)46(26(3)4,27(5)6)44-35(32-21-17-14-18-22-32)39(41)40-34-33(24-42-23-31-19-15-13-16-20-31)36(38-37(34)43-38)45-47(28(7)8,29(9)10)30(11)12/h13-22,25-30,33-38H,23-24H2,1-12H3,(H,40,41)/t33-,34-,35-,36+,37-,38+/m0/s1. The lowest BCUT2D eigenvalue weighted by Gasteiger charge is -2.46. The number of amides is 1. The van der Waals surface area contributed by atoms with E-state index in [9.17, 15) is 4.79 Å². The topological polar surface area (TPSA) is 69.3 Å². The highest BCUT2D eigenvalue weighted by atomic mass is 28.4. The van der Waals surface area contributed by atoms with Crippen LogP contribution in [-0.2, 0) is 29.7 Å². The van der Waals surface area contributed by atoms with Gasteiger partial charge in [-0.25, -0.2) is 0 Å². The van der Waals surface area contributed by atoms with Gasteiger partial charge in [-0.3, -0.25) is 4.79 Å². The fourth-order valence-corrected chi connectivity index (χ4v) is 20.3. The van der Waals surface area contributed by atoms with Crippen molar-refractivity contribution in [3.8, 4) is 0 Å². The molecule has 1 heterocycles. The SMILES string of the molecule is CC(C)[Si](O[C@@H]1[C@@H](COCc2ccccc2)[C@H](NC(=O)[C@@H](O[Si](C(C)C)(C(C)C)C(C)C)c2ccccc2)[C@@H]2O[C@H]12)(C(C)C)C(C)C. The molecule has 1 amide bonds. The maximum absolute atomic E-state index is 14.6. The van der Waals surface area contributed by atoms with Crippen LogP contribution < -0.4 is 5.32 Å². The Labute approximate surface area is 288 Å². The molecule has 6 atom stereocenters. The number of benzene rings is 2. The number of epoxide rings is 1. The number of carbonyl (C=O) groups excluding carboxylic acids is 1. The van der Waals surface area contributed by atoms with Gasteiger partial charge in [-0.2, -0.15) is 0 Å². The fraction of sp³-hybridized carbons (Fsp3) is 0.667. The van der Waals surface area contributed by atoms with Crippen LogP contribution in [0, 0.1) is 5.92 Å². The number of rotatable bonds is 17. The Morgan fingerprint density at radius 3 is 1.68 bits per heavy atom. The minimum atomic E-state index is -2.39. The molecule has 2 aromatic rings. The quantitative estimate of drug-likeness (QED) is 0.133. The Morgan fingerprint density at radius 1 is 0.702 bits per heavy atom. The molecule has 0 bridgehead atoms. The Balaban J connectivity index is 1.67. The Morgan fingerprint density at radius 2 is 1.19 bits per heavy atom. The first-order chi connectivity index (χ1) is 22.2. The molecule has 2 fully saturated rings. The zero-order chi connectivity index (χ0) is 34.7. The van der Waals surface area contributed by atoms with Gasteiger partial charge in [0.1, 0.15) is 18.3 Å². The third-order valence-corrected chi connectivity index (χ3v) is 23.4. The van der Waals surface area contributed by atoms with Crippen LogP contribution in [0.15, 0.2) is 60.7 Å². The van der Waals surface area contributed by atoms with E-state index in [1.54, 1.807) is 0 Å². The first kappa shape index (κ1) is 38.0. The van der Waals surface area contributed by atoms with Gasteiger partial charge in [0.15, 0.2) is 0 Å². The summed E-state index contributed by atoms with van der Waals surface area (Å²) in [6, 6.07) is 20.1. The molecule has 0 radical (unpaired) electrons. The van der Waals surface area contributed by atoms with E-state index in [2.05, 4.69) is 101 Å². The number of carbonyl (C=O) groups is 1. The molecule has 0 unspecified atom stereocenters. The molecule has 47 heavy (non-hydrogen) atoms. The van der Waals surface area contributed by atoms with E-state index < -0.39 is 22.7 Å². The van der Waals surface area contributed by atoms with Crippen molar-refractivity contribution in [3.05, 3.63) is 71.8 Å². The predicted molar refractivity (Wildman–Crippen MR) is 197 cm³/mol. The van der Waals surface area contributed by atoms with E-state index in [1.807, 2.05) is 48.5 Å². The molecule has 1 N–H and O–H groups in total. The van der Waals surface area contributed by atoms with Crippen molar-refractivity contribution in [2.24, 2.45) is 5.92 Å². The van der Waals surface area contributed by atoms with Gasteiger partial charge < -0.3 is 23.6 Å². The van der Waals surface area contributed by atoms with Crippen molar-refractivity contribution in [3.63, 3.8) is 0 Å². The summed E-state index contributed by atoms with van der Waals surface area (Å²) in [6.45, 7) is 28.5. The highest BCUT2D eigenvalue weighted by Crippen LogP contribution is 2.51. The summed E-state index contributed by atoms with van der Waals surface area (Å²) >= 11 is 0. The van der Waals surface area contributed by atoms with Gasteiger partial charge in [0.25, 0.3) is 5.91 Å². The number of hydrogen-bond donors (Lipinski definition) is 1. The van der Waals surface area contributed by atoms with Gasteiger partial charge in [-0.1, -0.05) is 144 Å². The zero-order valence-corrected chi connectivity index (χ0v) is 33.2. The average molecular weight is 682 g/mol. The van der Waals surface area contributed by atoms with Crippen LogP contribution in [0.4, 0.5) is 0 Å². The van der Waals surface area contributed by atoms with Gasteiger partial charge in [0.05, 0.1) is 25.4 Å². The second-order valence-electron chi connectivity index (χ2n) is 15.9. The lowest BCUT2D eigenvalue weighted by atomic mass is 10.0. The maximum Gasteiger partial charge on any atom is 0.252 e. The maximum atomic E-state index is 14.6. The summed E-state index contributed by atoms with van der Waals surface area (Å²) in [7, 11) is -4.63. The first-order valence-electron chi connectivity index (χ1n) is 18.2. The third kappa shape index (κ3) is 7.83. The predicted octanol–water partition coefficient (Wildman–Crippen LogP) is 9.58. The molecule has 1 aliphatic heterocycles. The summed E-state index contributed by atoms with van der Waals surface area (Å²) in [4.78, 5) is 14.6. The van der Waals surface area contributed by atoms with Crippen molar-refractivity contribution >= 4 is 22.5 Å². The van der Waals surface area contributed by atoms with Crippen LogP contribution >= 0.6 is 0 Å². The van der Waals surface area contributed by atoms with Crippen LogP contribution in [0.2, 0.25) is 33.2 Å². The van der Waals surface area contributed by atoms with Gasteiger partial charge in [0, 0.05) is 5.92 Å². The summed E-state index contributed by atoms with van der Waals surface area (Å²) in [6.07, 6.45) is -0.966. The molecule has 2 aliphatic rings. The van der Waals surface area contributed by atoms with Crippen LogP contribution in [0.25, 0.3) is 0 Å². The second-order valence-corrected chi connectivity index (χ2v) is 26.7. The molecule has 262 valence electrons. The lowest BCUT2D eigenvalue weighted by molar-refractivity contribution is -0.131. The molecule has 0 spiro atoms. The Kier molecular flexibility index (Phi) is 12.8. The number of nitrogens with one attached hydrogen (secondary N) is 1. The van der Waals surface area contributed by atoms with E-state index in [-0.39, 0.29) is 36.2 Å². The second kappa shape index (κ2) is 15.8. The summed E-state index contributed by atoms with van der Waals surface area (Å²) in [5.74, 6) is -0.128. The summed E-state index contributed by atoms with van der Waals surface area (Å²) < 4.78 is 27.5. The molecule has 6 nitrogen and oxygen atoms in total. The van der Waals surface area contributed by atoms with Crippen molar-refractivity contribution in [2.75, 3.05) is 6.61 Å². The van der Waals surface area contributed by atoms with Crippen molar-refractivity contribution < 1.29 is 23.1 Å². The summed E-state index contributed by atoms with van der Waals surface area (Å²) in [5, 5.41) is 3.50. The van der Waals surface area contributed by atoms with Crippen LogP contribution in [0.1, 0.15) is 100 Å². The number of fused-ring (bicyclic) bond motifs is 1. The first-order valence-corrected chi connectivity index (χ1v) is 22.4. The average Bonchev–Trinajstić information content (AvgIpc) is 3.75. The third-order valence-electron chi connectivity index (χ3n) is 11.3. The molecule has 0 aromatic heterocycles. The van der Waals surface area contributed by atoms with Gasteiger partial charge >= 0.3 is 0 Å². The molecule has 4 rings (SSSR count). The molecule has 8 heteroatoms. The van der Waals surface area contributed by atoms with Gasteiger partial charge in [0.2, 0.25) is 16.6 Å². The normalized spacial score (nSPS) is 23.7. The largest absolute Gasteiger partial charge is 0.410 e. The van der Waals surface area contributed by atoms with Gasteiger partial charge in [-0.05, 0) is 44.4 Å². The van der Waals surface area contributed by atoms with Crippen molar-refractivity contribution in [1.82, 2.24) is 5.32 Å². The minimum Gasteiger partial charge on any atom is -0.410 e. The highest BCUT2D eigenvalue weighted by molar-refractivity contribution is 6.78. The lowest BCUT2D eigenvalue weighted by Crippen LogP contribution is -2.55. The van der Waals surface area contributed by atoms with Gasteiger partial charge in [-0.15, -0.1) is 0 Å². The molecular formula is C39H63NO5Si2. The smallest absolute Gasteiger partial charge is 0.252 e. The zero-order valence-electron chi connectivity index (χ0n) is 31.2. The molecular weight excluding hydrogens is 619 g/mol. The van der Waals surface area contributed by atoms with Crippen molar-refractivity contribution in [2.45, 2.75) is 153 Å². The Bertz CT molecular complexity index is 1230. The molecule has 1 aliphatic carbocycles. The molecule has 1 saturated carbocycles. The minimum absolute atomic E-state index is 0.0340. The van der Waals surface area contributed by atoms with Crippen LogP contribution in [0.3, 0.4) is 0 Å². The fourth-order valence-electron chi connectivity index (χ4n) is 9.21. The Hall–Kier alpha value is -1.82. The van der Waals surface area contributed by atoms with E-state index in [0.717, 1.165) is 11.1 Å².